The van der Waals surface area contributed by atoms with Gasteiger partial charge in [0.1, 0.15) is 6.10 Å². The Morgan fingerprint density at radius 1 is 1.54 bits per heavy atom. The van der Waals surface area contributed by atoms with Gasteiger partial charge in [-0.15, -0.1) is 0 Å². The zero-order valence-electron chi connectivity index (χ0n) is 7.21. The Hall–Kier alpha value is -0.830. The summed E-state index contributed by atoms with van der Waals surface area (Å²) < 4.78 is 6.10. The molecule has 13 heavy (non-hydrogen) atoms. The first-order valence-corrected chi connectivity index (χ1v) is 4.96. The fraction of sp³-hybridized carbons (Fsp3) is 0.300. The van der Waals surface area contributed by atoms with Crippen LogP contribution in [0, 0.1) is 0 Å². The van der Waals surface area contributed by atoms with Crippen LogP contribution in [0.4, 0.5) is 0 Å². The minimum atomic E-state index is -0.213. The van der Waals surface area contributed by atoms with Crippen molar-refractivity contribution >= 4 is 21.9 Å². The van der Waals surface area contributed by atoms with Crippen molar-refractivity contribution < 1.29 is 9.53 Å². The summed E-state index contributed by atoms with van der Waals surface area (Å²) in [6.45, 7) is 1.90. The highest BCUT2D eigenvalue weighted by molar-refractivity contribution is 9.10. The Morgan fingerprint density at radius 3 is 3.08 bits per heavy atom. The van der Waals surface area contributed by atoms with Crippen molar-refractivity contribution in [1.29, 1.82) is 0 Å². The molecule has 0 fully saturated rings. The van der Waals surface area contributed by atoms with Crippen molar-refractivity contribution in [3.05, 3.63) is 33.8 Å². The third kappa shape index (κ3) is 1.48. The SMILES string of the molecule is CC1Cc2c(Br)cccc2C(=O)O1. The number of benzene rings is 1. The number of fused-ring (bicyclic) bond motifs is 1. The van der Waals surface area contributed by atoms with Crippen LogP contribution in [0.2, 0.25) is 0 Å². The lowest BCUT2D eigenvalue weighted by Gasteiger charge is -2.22. The molecule has 68 valence electrons. The van der Waals surface area contributed by atoms with E-state index in [2.05, 4.69) is 15.9 Å². The Labute approximate surface area is 85.0 Å². The average Bonchev–Trinajstić information content (AvgIpc) is 2.07. The van der Waals surface area contributed by atoms with Gasteiger partial charge in [0.05, 0.1) is 5.56 Å². The van der Waals surface area contributed by atoms with Gasteiger partial charge in [0.2, 0.25) is 0 Å². The maximum Gasteiger partial charge on any atom is 0.338 e. The number of ether oxygens (including phenoxy) is 1. The van der Waals surface area contributed by atoms with Crippen LogP contribution in [0.1, 0.15) is 22.8 Å². The Bertz CT molecular complexity index is 360. The van der Waals surface area contributed by atoms with Crippen molar-refractivity contribution in [2.24, 2.45) is 0 Å². The number of carbonyl (C=O) groups is 1. The molecule has 3 heteroatoms. The third-order valence-electron chi connectivity index (χ3n) is 2.14. The van der Waals surface area contributed by atoms with Crippen LogP contribution >= 0.6 is 15.9 Å². The molecule has 1 unspecified atom stereocenters. The van der Waals surface area contributed by atoms with Crippen LogP contribution in [0.25, 0.3) is 0 Å². The molecule has 1 atom stereocenters. The molecule has 1 aliphatic heterocycles. The van der Waals surface area contributed by atoms with Gasteiger partial charge >= 0.3 is 5.97 Å². The molecule has 0 spiro atoms. The van der Waals surface area contributed by atoms with E-state index in [0.717, 1.165) is 16.5 Å². The van der Waals surface area contributed by atoms with Crippen molar-refractivity contribution in [3.8, 4) is 0 Å². The number of hydrogen-bond donors (Lipinski definition) is 0. The van der Waals surface area contributed by atoms with Gasteiger partial charge in [-0.2, -0.15) is 0 Å². The third-order valence-corrected chi connectivity index (χ3v) is 2.88. The van der Waals surface area contributed by atoms with Gasteiger partial charge in [0.15, 0.2) is 0 Å². The number of carbonyl (C=O) groups excluding carboxylic acids is 1. The van der Waals surface area contributed by atoms with Gasteiger partial charge in [-0.1, -0.05) is 22.0 Å². The van der Waals surface area contributed by atoms with Gasteiger partial charge < -0.3 is 4.74 Å². The zero-order valence-corrected chi connectivity index (χ0v) is 8.80. The molecule has 2 rings (SSSR count). The van der Waals surface area contributed by atoms with E-state index in [1.54, 1.807) is 6.07 Å². The van der Waals surface area contributed by atoms with Crippen molar-refractivity contribution in [1.82, 2.24) is 0 Å². The number of rotatable bonds is 0. The molecule has 0 saturated carbocycles. The number of esters is 1. The normalized spacial score (nSPS) is 20.8. The summed E-state index contributed by atoms with van der Waals surface area (Å²) in [4.78, 5) is 11.4. The van der Waals surface area contributed by atoms with E-state index in [1.807, 2.05) is 19.1 Å². The van der Waals surface area contributed by atoms with Crippen LogP contribution in [0.3, 0.4) is 0 Å². The quantitative estimate of drug-likeness (QED) is 0.652. The molecule has 2 nitrogen and oxygen atoms in total. The van der Waals surface area contributed by atoms with E-state index in [0.29, 0.717) is 5.56 Å². The van der Waals surface area contributed by atoms with Crippen LogP contribution < -0.4 is 0 Å². The van der Waals surface area contributed by atoms with E-state index in [4.69, 9.17) is 4.74 Å². The van der Waals surface area contributed by atoms with Crippen molar-refractivity contribution in [2.75, 3.05) is 0 Å². The van der Waals surface area contributed by atoms with Crippen LogP contribution in [0.15, 0.2) is 22.7 Å². The second-order valence-electron chi connectivity index (χ2n) is 3.19. The summed E-state index contributed by atoms with van der Waals surface area (Å²) in [7, 11) is 0. The topological polar surface area (TPSA) is 26.3 Å². The molecule has 1 heterocycles. The maximum absolute atomic E-state index is 11.4. The first kappa shape index (κ1) is 8.75. The monoisotopic (exact) mass is 240 g/mol. The minimum Gasteiger partial charge on any atom is -0.459 e. The molecule has 1 aliphatic rings. The smallest absolute Gasteiger partial charge is 0.338 e. The Morgan fingerprint density at radius 2 is 2.31 bits per heavy atom. The lowest BCUT2D eigenvalue weighted by atomic mass is 9.99. The van der Waals surface area contributed by atoms with Gasteiger partial charge in [0.25, 0.3) is 0 Å². The fourth-order valence-corrected chi connectivity index (χ4v) is 2.06. The van der Waals surface area contributed by atoms with E-state index in [9.17, 15) is 4.79 Å². The number of cyclic esters (lactones) is 1. The highest BCUT2D eigenvalue weighted by Crippen LogP contribution is 2.27. The van der Waals surface area contributed by atoms with Gasteiger partial charge in [-0.25, -0.2) is 4.79 Å². The van der Waals surface area contributed by atoms with Crippen molar-refractivity contribution in [3.63, 3.8) is 0 Å². The maximum atomic E-state index is 11.4. The highest BCUT2D eigenvalue weighted by Gasteiger charge is 2.24. The number of halogens is 1. The molecule has 0 radical (unpaired) electrons. The van der Waals surface area contributed by atoms with E-state index in [-0.39, 0.29) is 12.1 Å². The van der Waals surface area contributed by atoms with Crippen LogP contribution in [-0.4, -0.2) is 12.1 Å². The van der Waals surface area contributed by atoms with Gasteiger partial charge in [-0.05, 0) is 24.6 Å². The Balaban J connectivity index is 2.55. The van der Waals surface area contributed by atoms with E-state index < -0.39 is 0 Å². The summed E-state index contributed by atoms with van der Waals surface area (Å²) in [6.07, 6.45) is 0.779. The molecular weight excluding hydrogens is 232 g/mol. The summed E-state index contributed by atoms with van der Waals surface area (Å²) in [5.74, 6) is -0.213. The second kappa shape index (κ2) is 3.14. The standard InChI is InChI=1S/C10H9BrO2/c1-6-5-8-7(10(12)13-6)3-2-4-9(8)11/h2-4,6H,5H2,1H3. The molecule has 0 saturated heterocycles. The summed E-state index contributed by atoms with van der Waals surface area (Å²) in [5, 5.41) is 0. The average molecular weight is 241 g/mol. The largest absolute Gasteiger partial charge is 0.459 e. The molecule has 1 aromatic rings. The molecule has 0 bridgehead atoms. The molecule has 0 aromatic heterocycles. The Kier molecular flexibility index (Phi) is 2.12. The molecule has 0 N–H and O–H groups in total. The number of hydrogen-bond acceptors (Lipinski definition) is 2. The minimum absolute atomic E-state index is 0.0151. The second-order valence-corrected chi connectivity index (χ2v) is 4.04. The van der Waals surface area contributed by atoms with Crippen LogP contribution in [-0.2, 0) is 11.2 Å². The highest BCUT2D eigenvalue weighted by atomic mass is 79.9. The predicted molar refractivity (Wildman–Crippen MR) is 52.7 cm³/mol. The predicted octanol–water partition coefficient (Wildman–Crippen LogP) is 2.55. The summed E-state index contributed by atoms with van der Waals surface area (Å²) in [6, 6.07) is 5.60. The molecule has 0 amide bonds. The van der Waals surface area contributed by atoms with Gasteiger partial charge in [-0.3, -0.25) is 0 Å². The molecule has 0 aliphatic carbocycles. The summed E-state index contributed by atoms with van der Waals surface area (Å²) in [5.41, 5.74) is 1.75. The molecule has 1 aromatic carbocycles. The molecular formula is C10H9BrO2. The van der Waals surface area contributed by atoms with Crippen LogP contribution in [0.5, 0.6) is 0 Å². The van der Waals surface area contributed by atoms with Gasteiger partial charge in [0, 0.05) is 10.9 Å². The lowest BCUT2D eigenvalue weighted by Crippen LogP contribution is -2.25. The first-order chi connectivity index (χ1) is 6.18. The zero-order chi connectivity index (χ0) is 9.42. The van der Waals surface area contributed by atoms with Crippen molar-refractivity contribution in [2.45, 2.75) is 19.4 Å². The first-order valence-electron chi connectivity index (χ1n) is 4.17. The fourth-order valence-electron chi connectivity index (χ4n) is 1.53. The summed E-state index contributed by atoms with van der Waals surface area (Å²) >= 11 is 3.43. The lowest BCUT2D eigenvalue weighted by molar-refractivity contribution is 0.0300. The van der Waals surface area contributed by atoms with E-state index >= 15 is 0 Å². The van der Waals surface area contributed by atoms with E-state index in [1.165, 1.54) is 0 Å².